The molecule has 3 aromatic carbocycles. The van der Waals surface area contributed by atoms with Crippen molar-refractivity contribution in [2.75, 3.05) is 11.4 Å². The van der Waals surface area contributed by atoms with Crippen molar-refractivity contribution in [1.82, 2.24) is 9.62 Å². The Labute approximate surface area is 194 Å². The minimum absolute atomic E-state index is 0.118. The van der Waals surface area contributed by atoms with Crippen LogP contribution in [0, 0.1) is 0 Å². The Balaban J connectivity index is 1.62. The van der Waals surface area contributed by atoms with Crippen LogP contribution in [-0.4, -0.2) is 34.1 Å². The highest BCUT2D eigenvalue weighted by molar-refractivity contribution is 7.97. The number of carbonyl (C=O) groups is 1. The van der Waals surface area contributed by atoms with Gasteiger partial charge in [-0.25, -0.2) is 4.31 Å². The van der Waals surface area contributed by atoms with Gasteiger partial charge in [0.05, 0.1) is 17.8 Å². The molecule has 0 aliphatic carbocycles. The van der Waals surface area contributed by atoms with Gasteiger partial charge in [0.1, 0.15) is 0 Å². The van der Waals surface area contributed by atoms with Crippen molar-refractivity contribution in [2.24, 2.45) is 0 Å². The van der Waals surface area contributed by atoms with Gasteiger partial charge in [0.15, 0.2) is 6.17 Å². The third kappa shape index (κ3) is 4.83. The number of hydrogen-bond acceptors (Lipinski definition) is 5. The molecular weight excluding hydrogens is 418 g/mol. The monoisotopic (exact) mass is 447 g/mol. The summed E-state index contributed by atoms with van der Waals surface area (Å²) in [5.41, 5.74) is 2.97. The maximum absolute atomic E-state index is 13.6. The van der Waals surface area contributed by atoms with Gasteiger partial charge in [0.2, 0.25) is 0 Å². The van der Waals surface area contributed by atoms with E-state index in [1.165, 1.54) is 0 Å². The lowest BCUT2D eigenvalue weighted by Gasteiger charge is -2.44. The first-order valence-corrected chi connectivity index (χ1v) is 11.7. The van der Waals surface area contributed by atoms with Gasteiger partial charge in [-0.05, 0) is 42.1 Å². The van der Waals surface area contributed by atoms with Crippen LogP contribution in [0.15, 0.2) is 89.8 Å². The van der Waals surface area contributed by atoms with Crippen molar-refractivity contribution >= 4 is 23.5 Å². The number of rotatable bonds is 7. The molecule has 32 heavy (non-hydrogen) atoms. The second kappa shape index (κ2) is 10.2. The number of nitrogens with zero attached hydrogens (tertiary/aromatic N) is 2. The Bertz CT molecular complexity index is 1030. The molecular formula is C26H29N3O2S. The number of aliphatic hydroxyl groups is 1. The summed E-state index contributed by atoms with van der Waals surface area (Å²) in [7, 11) is 0. The molecule has 4 rings (SSSR count). The molecule has 0 spiro atoms. The first kappa shape index (κ1) is 22.4. The molecule has 1 aliphatic rings. The van der Waals surface area contributed by atoms with Crippen molar-refractivity contribution in [2.45, 2.75) is 43.6 Å². The van der Waals surface area contributed by atoms with Gasteiger partial charge in [-0.1, -0.05) is 79.7 Å². The number of aliphatic hydroxyl groups excluding tert-OH is 1. The zero-order valence-electron chi connectivity index (χ0n) is 18.4. The average molecular weight is 448 g/mol. The highest BCUT2D eigenvalue weighted by Gasteiger charge is 2.38. The lowest BCUT2D eigenvalue weighted by atomic mass is 10.0. The second-order valence-corrected chi connectivity index (χ2v) is 9.02. The van der Waals surface area contributed by atoms with Crippen LogP contribution in [-0.2, 0) is 11.3 Å². The molecule has 1 heterocycles. The van der Waals surface area contributed by atoms with Crippen LogP contribution in [0.4, 0.5) is 5.69 Å². The Morgan fingerprint density at radius 3 is 2.31 bits per heavy atom. The summed E-state index contributed by atoms with van der Waals surface area (Å²) in [5.74, 6) is -0.118. The fourth-order valence-electron chi connectivity index (χ4n) is 4.01. The summed E-state index contributed by atoms with van der Waals surface area (Å²) in [6, 6.07) is 27.4. The van der Waals surface area contributed by atoms with Gasteiger partial charge < -0.3 is 15.3 Å². The van der Waals surface area contributed by atoms with Gasteiger partial charge in [0, 0.05) is 18.0 Å². The predicted molar refractivity (Wildman–Crippen MR) is 130 cm³/mol. The number of para-hydroxylation sites is 1. The zero-order valence-corrected chi connectivity index (χ0v) is 19.2. The molecule has 6 heteroatoms. The van der Waals surface area contributed by atoms with Crippen molar-refractivity contribution < 1.29 is 9.90 Å². The van der Waals surface area contributed by atoms with Gasteiger partial charge >= 0.3 is 0 Å². The third-order valence-electron chi connectivity index (χ3n) is 5.68. The standard InChI is InChI=1S/C26H29N3O2S/c1-3-29-26(25(31)27-19(2)24(30)21-14-8-5-9-15-21)28(18-20-12-6-4-7-13-20)22-16-10-11-17-23(22)32-29/h4-17,19,24,26,30H,3,18H2,1-2H3,(H,27,31)/t19-,24?,26?/m0/s1. The van der Waals surface area contributed by atoms with E-state index in [0.29, 0.717) is 13.1 Å². The Hall–Kier alpha value is -2.80. The molecule has 1 amide bonds. The van der Waals surface area contributed by atoms with Crippen LogP contribution in [0.3, 0.4) is 0 Å². The molecule has 0 fully saturated rings. The van der Waals surface area contributed by atoms with E-state index in [4.69, 9.17) is 0 Å². The SMILES string of the molecule is CCN1Sc2ccccc2N(Cc2ccccc2)C1C(=O)N[C@@H](C)C(O)c1ccccc1. The molecule has 166 valence electrons. The maximum atomic E-state index is 13.6. The molecule has 5 nitrogen and oxygen atoms in total. The number of fused-ring (bicyclic) bond motifs is 1. The van der Waals surface area contributed by atoms with Crippen LogP contribution in [0.1, 0.15) is 31.1 Å². The summed E-state index contributed by atoms with van der Waals surface area (Å²) in [5, 5.41) is 13.8. The van der Waals surface area contributed by atoms with Crippen LogP contribution < -0.4 is 10.2 Å². The van der Waals surface area contributed by atoms with Crippen molar-refractivity contribution in [1.29, 1.82) is 0 Å². The van der Waals surface area contributed by atoms with E-state index < -0.39 is 18.3 Å². The number of hydrogen-bond donors (Lipinski definition) is 2. The molecule has 0 saturated heterocycles. The smallest absolute Gasteiger partial charge is 0.259 e. The van der Waals surface area contributed by atoms with Gasteiger partial charge in [-0.2, -0.15) is 0 Å². The molecule has 3 atom stereocenters. The average Bonchev–Trinajstić information content (AvgIpc) is 2.84. The molecule has 2 N–H and O–H groups in total. The van der Waals surface area contributed by atoms with Crippen LogP contribution in [0.25, 0.3) is 0 Å². The van der Waals surface area contributed by atoms with Gasteiger partial charge in [0.25, 0.3) is 5.91 Å². The maximum Gasteiger partial charge on any atom is 0.259 e. The van der Waals surface area contributed by atoms with Crippen molar-refractivity contribution in [3.05, 3.63) is 96.1 Å². The molecule has 3 aromatic rings. The first-order chi connectivity index (χ1) is 15.6. The number of likely N-dealkylation sites (N-methyl/N-ethyl adjacent to an activating group) is 1. The number of amides is 1. The van der Waals surface area contributed by atoms with Crippen LogP contribution in [0.5, 0.6) is 0 Å². The van der Waals surface area contributed by atoms with Gasteiger partial charge in [-0.15, -0.1) is 0 Å². The van der Waals surface area contributed by atoms with E-state index in [-0.39, 0.29) is 5.91 Å². The summed E-state index contributed by atoms with van der Waals surface area (Å²) in [4.78, 5) is 16.9. The molecule has 1 aliphatic heterocycles. The number of anilines is 1. The van der Waals surface area contributed by atoms with E-state index in [1.807, 2.05) is 67.6 Å². The Kier molecular flexibility index (Phi) is 7.15. The fourth-order valence-corrected chi connectivity index (χ4v) is 5.12. The van der Waals surface area contributed by atoms with E-state index in [0.717, 1.165) is 21.7 Å². The number of carbonyl (C=O) groups excluding carboxylic acids is 1. The molecule has 0 radical (unpaired) electrons. The van der Waals surface area contributed by atoms with E-state index in [2.05, 4.69) is 45.7 Å². The summed E-state index contributed by atoms with van der Waals surface area (Å²) >= 11 is 1.61. The van der Waals surface area contributed by atoms with E-state index in [1.54, 1.807) is 11.9 Å². The Morgan fingerprint density at radius 1 is 1.00 bits per heavy atom. The van der Waals surface area contributed by atoms with Crippen molar-refractivity contribution in [3.63, 3.8) is 0 Å². The quantitative estimate of drug-likeness (QED) is 0.519. The Morgan fingerprint density at radius 2 is 1.62 bits per heavy atom. The lowest BCUT2D eigenvalue weighted by molar-refractivity contribution is -0.126. The molecule has 0 aromatic heterocycles. The minimum atomic E-state index is -0.777. The normalized spacial score (nSPS) is 18.0. The van der Waals surface area contributed by atoms with Crippen LogP contribution in [0.2, 0.25) is 0 Å². The van der Waals surface area contributed by atoms with Gasteiger partial charge in [-0.3, -0.25) is 4.79 Å². The van der Waals surface area contributed by atoms with E-state index in [9.17, 15) is 9.90 Å². The third-order valence-corrected chi connectivity index (χ3v) is 6.92. The fraction of sp³-hybridized carbons (Fsp3) is 0.269. The largest absolute Gasteiger partial charge is 0.386 e. The number of nitrogens with one attached hydrogen (secondary N) is 1. The van der Waals surface area contributed by atoms with Crippen molar-refractivity contribution in [3.8, 4) is 0 Å². The second-order valence-electron chi connectivity index (χ2n) is 7.93. The summed E-state index contributed by atoms with van der Waals surface area (Å²) < 4.78 is 2.10. The minimum Gasteiger partial charge on any atom is -0.386 e. The van der Waals surface area contributed by atoms with E-state index >= 15 is 0 Å². The zero-order chi connectivity index (χ0) is 22.5. The number of benzene rings is 3. The summed E-state index contributed by atoms with van der Waals surface area (Å²) in [6.45, 7) is 5.22. The molecule has 0 saturated carbocycles. The predicted octanol–water partition coefficient (Wildman–Crippen LogP) is 4.60. The molecule has 0 bridgehead atoms. The van der Waals surface area contributed by atoms with Crippen LogP contribution >= 0.6 is 11.9 Å². The lowest BCUT2D eigenvalue weighted by Crippen LogP contribution is -2.58. The topological polar surface area (TPSA) is 55.8 Å². The first-order valence-electron chi connectivity index (χ1n) is 11.0. The highest BCUT2D eigenvalue weighted by atomic mass is 32.2. The highest BCUT2D eigenvalue weighted by Crippen LogP contribution is 2.41. The molecule has 2 unspecified atom stereocenters. The summed E-state index contributed by atoms with van der Waals surface area (Å²) in [6.07, 6.45) is -1.27.